The van der Waals surface area contributed by atoms with Crippen LogP contribution in [0.4, 0.5) is 0 Å². The predicted octanol–water partition coefficient (Wildman–Crippen LogP) is 3.54. The fourth-order valence-corrected chi connectivity index (χ4v) is 4.73. The molecule has 0 saturated carbocycles. The molecule has 1 spiro atoms. The number of halogens is 1. The monoisotopic (exact) mass is 415 g/mol. The van der Waals surface area contributed by atoms with Gasteiger partial charge in [0.2, 0.25) is 0 Å². The van der Waals surface area contributed by atoms with Gasteiger partial charge in [0.1, 0.15) is 5.69 Å². The average molecular weight is 416 g/mol. The van der Waals surface area contributed by atoms with Crippen LogP contribution in [0.3, 0.4) is 0 Å². The van der Waals surface area contributed by atoms with E-state index < -0.39 is 0 Å². The lowest BCUT2D eigenvalue weighted by Crippen LogP contribution is -2.46. The van der Waals surface area contributed by atoms with E-state index in [4.69, 9.17) is 16.3 Å². The van der Waals surface area contributed by atoms with Crippen molar-refractivity contribution in [3.05, 3.63) is 51.8 Å². The summed E-state index contributed by atoms with van der Waals surface area (Å²) in [6, 6.07) is 5.41. The molecule has 1 aliphatic carbocycles. The molecule has 4 rings (SSSR count). The average Bonchev–Trinajstić information content (AvgIpc) is 3.11. The molecule has 7 heteroatoms. The molecule has 1 aromatic carbocycles. The summed E-state index contributed by atoms with van der Waals surface area (Å²) in [5, 5.41) is 5.07. The van der Waals surface area contributed by atoms with Gasteiger partial charge in [0.25, 0.3) is 5.91 Å². The summed E-state index contributed by atoms with van der Waals surface area (Å²) in [4.78, 5) is 27.7. The summed E-state index contributed by atoms with van der Waals surface area (Å²) < 4.78 is 6.89. The lowest BCUT2D eigenvalue weighted by molar-refractivity contribution is 0.0517. The Labute approximate surface area is 175 Å². The third kappa shape index (κ3) is 3.83. The highest BCUT2D eigenvalue weighted by Crippen LogP contribution is 2.43. The van der Waals surface area contributed by atoms with Gasteiger partial charge in [-0.2, -0.15) is 5.10 Å². The highest BCUT2D eigenvalue weighted by molar-refractivity contribution is 6.31. The maximum Gasteiger partial charge on any atom is 0.253 e. The second-order valence-electron chi connectivity index (χ2n) is 8.27. The number of nitrogens with zero attached hydrogens (tertiary/aromatic N) is 3. The summed E-state index contributed by atoms with van der Waals surface area (Å²) in [6.07, 6.45) is 4.88. The molecule has 29 heavy (non-hydrogen) atoms. The molecule has 1 saturated heterocycles. The number of ketones is 1. The number of hydrogen-bond acceptors (Lipinski definition) is 4. The van der Waals surface area contributed by atoms with E-state index in [0.717, 1.165) is 36.1 Å². The van der Waals surface area contributed by atoms with Gasteiger partial charge in [0.05, 0.1) is 19.3 Å². The number of amides is 1. The molecular weight excluding hydrogens is 390 g/mol. The summed E-state index contributed by atoms with van der Waals surface area (Å²) in [5.41, 5.74) is 3.28. The Hall–Kier alpha value is -2.18. The van der Waals surface area contributed by atoms with E-state index in [1.165, 1.54) is 0 Å². The van der Waals surface area contributed by atoms with Crippen LogP contribution in [-0.4, -0.2) is 53.2 Å². The molecule has 2 aliphatic rings. The SMILES string of the molecule is COCCn1ncc2c1C(=O)CC1(CCN(C(=O)c3ccc(Cl)c(C)c3)CC1)C2. The van der Waals surface area contributed by atoms with Crippen molar-refractivity contribution < 1.29 is 14.3 Å². The number of methoxy groups -OCH3 is 1. The van der Waals surface area contributed by atoms with Crippen molar-refractivity contribution in [3.8, 4) is 0 Å². The number of ether oxygens (including phenoxy) is 1. The van der Waals surface area contributed by atoms with Crippen LogP contribution in [0.25, 0.3) is 0 Å². The van der Waals surface area contributed by atoms with Crippen molar-refractivity contribution in [2.24, 2.45) is 5.41 Å². The van der Waals surface area contributed by atoms with E-state index in [9.17, 15) is 9.59 Å². The predicted molar refractivity (Wildman–Crippen MR) is 111 cm³/mol. The molecule has 2 heterocycles. The number of benzene rings is 1. The quantitative estimate of drug-likeness (QED) is 0.766. The third-order valence-electron chi connectivity index (χ3n) is 6.30. The minimum atomic E-state index is -0.0636. The molecule has 2 aromatic rings. The first kappa shape index (κ1) is 20.1. The van der Waals surface area contributed by atoms with Gasteiger partial charge in [-0.25, -0.2) is 0 Å². The van der Waals surface area contributed by atoms with Crippen LogP contribution < -0.4 is 0 Å². The molecule has 1 fully saturated rings. The number of carbonyl (C=O) groups is 2. The number of Topliss-reactive ketones (excluding diaryl/α,β-unsaturated/α-hetero) is 1. The van der Waals surface area contributed by atoms with Gasteiger partial charge in [-0.15, -0.1) is 0 Å². The Balaban J connectivity index is 1.45. The van der Waals surface area contributed by atoms with Gasteiger partial charge >= 0.3 is 0 Å². The zero-order valence-corrected chi connectivity index (χ0v) is 17.7. The van der Waals surface area contributed by atoms with Crippen molar-refractivity contribution in [2.75, 3.05) is 26.8 Å². The molecule has 1 amide bonds. The van der Waals surface area contributed by atoms with Crippen molar-refractivity contribution in [2.45, 2.75) is 39.2 Å². The first-order chi connectivity index (χ1) is 13.9. The van der Waals surface area contributed by atoms with Crippen LogP contribution in [0.2, 0.25) is 5.02 Å². The first-order valence-electron chi connectivity index (χ1n) is 10.0. The van der Waals surface area contributed by atoms with E-state index in [2.05, 4.69) is 5.10 Å². The zero-order valence-electron chi connectivity index (χ0n) is 16.9. The Bertz CT molecular complexity index is 945. The van der Waals surface area contributed by atoms with E-state index >= 15 is 0 Å². The van der Waals surface area contributed by atoms with Crippen molar-refractivity contribution >= 4 is 23.3 Å². The number of aryl methyl sites for hydroxylation is 1. The van der Waals surface area contributed by atoms with Gasteiger partial charge in [-0.3, -0.25) is 14.3 Å². The highest BCUT2D eigenvalue weighted by Gasteiger charge is 2.43. The van der Waals surface area contributed by atoms with E-state index in [1.54, 1.807) is 23.9 Å². The smallest absolute Gasteiger partial charge is 0.253 e. The molecule has 0 N–H and O–H groups in total. The van der Waals surface area contributed by atoms with Gasteiger partial charge < -0.3 is 9.64 Å². The van der Waals surface area contributed by atoms with Crippen LogP contribution >= 0.6 is 11.6 Å². The molecule has 1 aromatic heterocycles. The third-order valence-corrected chi connectivity index (χ3v) is 6.73. The van der Waals surface area contributed by atoms with Gasteiger partial charge in [0.15, 0.2) is 5.78 Å². The number of rotatable bonds is 4. The van der Waals surface area contributed by atoms with E-state index in [-0.39, 0.29) is 17.1 Å². The summed E-state index contributed by atoms with van der Waals surface area (Å²) >= 11 is 6.08. The first-order valence-corrected chi connectivity index (χ1v) is 10.4. The van der Waals surface area contributed by atoms with Crippen LogP contribution in [-0.2, 0) is 17.7 Å². The van der Waals surface area contributed by atoms with Crippen molar-refractivity contribution in [1.82, 2.24) is 14.7 Å². The second kappa shape index (κ2) is 7.92. The fourth-order valence-electron chi connectivity index (χ4n) is 4.61. The molecule has 6 nitrogen and oxygen atoms in total. The molecular formula is C22H26ClN3O3. The van der Waals surface area contributed by atoms with E-state index in [0.29, 0.717) is 43.2 Å². The molecule has 0 bridgehead atoms. The Kier molecular flexibility index (Phi) is 5.49. The Morgan fingerprint density at radius 1 is 1.28 bits per heavy atom. The van der Waals surface area contributed by atoms with Crippen molar-refractivity contribution in [1.29, 1.82) is 0 Å². The zero-order chi connectivity index (χ0) is 20.6. The molecule has 1 aliphatic heterocycles. The maximum atomic E-state index is 12.9. The Morgan fingerprint density at radius 2 is 2.03 bits per heavy atom. The molecule has 0 atom stereocenters. The van der Waals surface area contributed by atoms with Crippen LogP contribution in [0, 0.1) is 12.3 Å². The Morgan fingerprint density at radius 3 is 2.72 bits per heavy atom. The van der Waals surface area contributed by atoms with Crippen LogP contribution in [0.1, 0.15) is 51.2 Å². The lowest BCUT2D eigenvalue weighted by atomic mass is 9.67. The number of aromatic nitrogens is 2. The van der Waals surface area contributed by atoms with Crippen LogP contribution in [0.5, 0.6) is 0 Å². The molecule has 0 unspecified atom stereocenters. The summed E-state index contributed by atoms with van der Waals surface area (Å²) in [7, 11) is 1.65. The lowest BCUT2D eigenvalue weighted by Gasteiger charge is -2.43. The minimum Gasteiger partial charge on any atom is -0.383 e. The maximum absolute atomic E-state index is 12.9. The largest absolute Gasteiger partial charge is 0.383 e. The van der Waals surface area contributed by atoms with E-state index in [1.807, 2.05) is 24.1 Å². The van der Waals surface area contributed by atoms with Gasteiger partial charge in [-0.1, -0.05) is 11.6 Å². The highest BCUT2D eigenvalue weighted by atomic mass is 35.5. The number of piperidine rings is 1. The molecule has 154 valence electrons. The number of carbonyl (C=O) groups excluding carboxylic acids is 2. The normalized spacial score (nSPS) is 18.2. The second-order valence-corrected chi connectivity index (χ2v) is 8.67. The summed E-state index contributed by atoms with van der Waals surface area (Å²) in [5.74, 6) is 0.197. The number of likely N-dealkylation sites (tertiary alicyclic amines) is 1. The van der Waals surface area contributed by atoms with Gasteiger partial charge in [0, 0.05) is 42.8 Å². The molecule has 0 radical (unpaired) electrons. The fraction of sp³-hybridized carbons (Fsp3) is 0.500. The number of fused-ring (bicyclic) bond motifs is 1. The topological polar surface area (TPSA) is 64.4 Å². The minimum absolute atomic E-state index is 0.0369. The van der Waals surface area contributed by atoms with Crippen molar-refractivity contribution in [3.63, 3.8) is 0 Å². The standard InChI is InChI=1S/C22H26ClN3O3/c1-15-11-16(3-4-18(15)23)21(28)25-7-5-22(6-8-25)12-17-14-24-26(9-10-29-2)20(17)19(27)13-22/h3-4,11,14H,5-10,12-13H2,1-2H3. The van der Waals surface area contributed by atoms with Gasteiger partial charge in [-0.05, 0) is 55.4 Å². The number of hydrogen-bond donors (Lipinski definition) is 0. The summed E-state index contributed by atoms with van der Waals surface area (Å²) in [6.45, 7) is 4.37. The van der Waals surface area contributed by atoms with Crippen LogP contribution in [0.15, 0.2) is 24.4 Å².